The number of fused-ring (bicyclic) bond motifs is 1. The summed E-state index contributed by atoms with van der Waals surface area (Å²) in [5.41, 5.74) is 4.02. The highest BCUT2D eigenvalue weighted by Crippen LogP contribution is 2.26. The van der Waals surface area contributed by atoms with Crippen molar-refractivity contribution in [3.8, 4) is 16.8 Å². The second kappa shape index (κ2) is 7.18. The summed E-state index contributed by atoms with van der Waals surface area (Å²) in [6.45, 7) is 0.704. The van der Waals surface area contributed by atoms with Gasteiger partial charge in [0.1, 0.15) is 0 Å². The second-order valence-corrected chi connectivity index (χ2v) is 7.42. The standard InChI is InChI=1S/C23H20N4O3/c28-22-26(18-10-8-17(9-11-18)16-5-2-1-3-6-16)20-7-4-13-24-21(20)27(22)19-12-14-25(15-19)23(29)30/h1-11,13,19H,12,14-15H2,(H,29,30)/t19-/m0/s1. The molecule has 1 aliphatic rings. The average Bonchev–Trinajstić information content (AvgIpc) is 3.37. The first-order valence-corrected chi connectivity index (χ1v) is 9.85. The van der Waals surface area contributed by atoms with Gasteiger partial charge in [0.05, 0.1) is 17.2 Å². The van der Waals surface area contributed by atoms with Gasteiger partial charge in [-0.1, -0.05) is 42.5 Å². The van der Waals surface area contributed by atoms with Crippen LogP contribution in [0.5, 0.6) is 0 Å². The van der Waals surface area contributed by atoms with Gasteiger partial charge < -0.3 is 10.0 Å². The Morgan fingerprint density at radius 2 is 1.70 bits per heavy atom. The summed E-state index contributed by atoms with van der Waals surface area (Å²) in [6.07, 6.45) is 1.29. The smallest absolute Gasteiger partial charge is 0.407 e. The number of imidazole rings is 1. The third kappa shape index (κ3) is 2.95. The van der Waals surface area contributed by atoms with Crippen molar-refractivity contribution in [3.63, 3.8) is 0 Å². The van der Waals surface area contributed by atoms with Crippen molar-refractivity contribution in [2.75, 3.05) is 13.1 Å². The first-order valence-electron chi connectivity index (χ1n) is 9.85. The molecular weight excluding hydrogens is 380 g/mol. The molecule has 0 saturated carbocycles. The predicted molar refractivity (Wildman–Crippen MR) is 114 cm³/mol. The number of carboxylic acid groups (broad SMARTS) is 1. The molecule has 0 spiro atoms. The van der Waals surface area contributed by atoms with Gasteiger partial charge in [-0.15, -0.1) is 0 Å². The molecule has 0 radical (unpaired) electrons. The molecule has 1 fully saturated rings. The quantitative estimate of drug-likeness (QED) is 0.568. The van der Waals surface area contributed by atoms with Crippen LogP contribution in [0.1, 0.15) is 12.5 Å². The molecule has 1 N–H and O–H groups in total. The number of carbonyl (C=O) groups is 1. The number of amides is 1. The van der Waals surface area contributed by atoms with Gasteiger partial charge in [-0.3, -0.25) is 9.13 Å². The summed E-state index contributed by atoms with van der Waals surface area (Å²) >= 11 is 0. The molecule has 2 aromatic heterocycles. The van der Waals surface area contributed by atoms with Crippen LogP contribution in [0.2, 0.25) is 0 Å². The Kier molecular flexibility index (Phi) is 4.35. The highest BCUT2D eigenvalue weighted by atomic mass is 16.4. The molecule has 0 aliphatic carbocycles. The molecule has 1 aliphatic heterocycles. The monoisotopic (exact) mass is 400 g/mol. The maximum absolute atomic E-state index is 13.4. The topological polar surface area (TPSA) is 80.4 Å². The van der Waals surface area contributed by atoms with E-state index in [4.69, 9.17) is 0 Å². The predicted octanol–water partition coefficient (Wildman–Crippen LogP) is 3.78. The summed E-state index contributed by atoms with van der Waals surface area (Å²) in [6, 6.07) is 21.4. The lowest BCUT2D eigenvalue weighted by Crippen LogP contribution is -2.31. The minimum Gasteiger partial charge on any atom is -0.465 e. The lowest BCUT2D eigenvalue weighted by molar-refractivity contribution is 0.154. The van der Waals surface area contributed by atoms with Gasteiger partial charge in [-0.2, -0.15) is 0 Å². The average molecular weight is 400 g/mol. The van der Waals surface area contributed by atoms with Crippen LogP contribution >= 0.6 is 0 Å². The highest BCUT2D eigenvalue weighted by molar-refractivity contribution is 5.75. The zero-order chi connectivity index (χ0) is 20.7. The van der Waals surface area contributed by atoms with Crippen LogP contribution in [0.4, 0.5) is 4.79 Å². The van der Waals surface area contributed by atoms with Crippen LogP contribution in [0.25, 0.3) is 28.0 Å². The van der Waals surface area contributed by atoms with E-state index in [1.807, 2.05) is 60.7 Å². The maximum atomic E-state index is 13.4. The van der Waals surface area contributed by atoms with Crippen LogP contribution in [0, 0.1) is 0 Å². The SMILES string of the molecule is O=C(O)N1CC[C@H](n2c(=O)n(-c3ccc(-c4ccccc4)cc3)c3cccnc32)C1. The number of hydrogen-bond acceptors (Lipinski definition) is 3. The molecule has 3 heterocycles. The number of hydrogen-bond donors (Lipinski definition) is 1. The Hall–Kier alpha value is -3.87. The molecule has 1 saturated heterocycles. The molecule has 5 rings (SSSR count). The Morgan fingerprint density at radius 3 is 2.40 bits per heavy atom. The van der Waals surface area contributed by atoms with E-state index >= 15 is 0 Å². The minimum absolute atomic E-state index is 0.201. The van der Waals surface area contributed by atoms with Crippen LogP contribution in [-0.4, -0.2) is 43.3 Å². The molecule has 4 aromatic rings. The van der Waals surface area contributed by atoms with Crippen molar-refractivity contribution in [2.24, 2.45) is 0 Å². The fraction of sp³-hybridized carbons (Fsp3) is 0.174. The third-order valence-electron chi connectivity index (χ3n) is 5.66. The highest BCUT2D eigenvalue weighted by Gasteiger charge is 2.31. The van der Waals surface area contributed by atoms with Crippen molar-refractivity contribution in [2.45, 2.75) is 12.5 Å². The number of benzene rings is 2. The van der Waals surface area contributed by atoms with Crippen molar-refractivity contribution >= 4 is 17.3 Å². The van der Waals surface area contributed by atoms with E-state index in [0.717, 1.165) is 16.8 Å². The Labute approximate surface area is 172 Å². The Morgan fingerprint density at radius 1 is 0.967 bits per heavy atom. The molecule has 30 heavy (non-hydrogen) atoms. The van der Waals surface area contributed by atoms with Gasteiger partial charge in [0, 0.05) is 19.3 Å². The van der Waals surface area contributed by atoms with Gasteiger partial charge in [0.25, 0.3) is 0 Å². The van der Waals surface area contributed by atoms with Crippen molar-refractivity contribution in [1.82, 2.24) is 19.0 Å². The van der Waals surface area contributed by atoms with E-state index in [-0.39, 0.29) is 18.3 Å². The number of likely N-dealkylation sites (tertiary alicyclic amines) is 1. The second-order valence-electron chi connectivity index (χ2n) is 7.42. The Bertz CT molecular complexity index is 1280. The normalized spacial score (nSPS) is 16.3. The fourth-order valence-corrected chi connectivity index (χ4v) is 4.19. The molecule has 7 nitrogen and oxygen atoms in total. The molecule has 150 valence electrons. The summed E-state index contributed by atoms with van der Waals surface area (Å²) in [7, 11) is 0. The minimum atomic E-state index is -0.959. The largest absolute Gasteiger partial charge is 0.465 e. The van der Waals surface area contributed by atoms with Crippen LogP contribution in [0.3, 0.4) is 0 Å². The Balaban J connectivity index is 1.60. The van der Waals surface area contributed by atoms with E-state index < -0.39 is 6.09 Å². The number of nitrogens with zero attached hydrogens (tertiary/aromatic N) is 4. The summed E-state index contributed by atoms with van der Waals surface area (Å²) in [4.78, 5) is 30.5. The summed E-state index contributed by atoms with van der Waals surface area (Å²) in [5.74, 6) is 0. The number of aromatic nitrogens is 3. The van der Waals surface area contributed by atoms with Crippen LogP contribution in [0.15, 0.2) is 77.7 Å². The summed E-state index contributed by atoms with van der Waals surface area (Å²) in [5, 5.41) is 9.28. The summed E-state index contributed by atoms with van der Waals surface area (Å²) < 4.78 is 3.30. The molecule has 0 bridgehead atoms. The van der Waals surface area contributed by atoms with Crippen molar-refractivity contribution < 1.29 is 9.90 Å². The zero-order valence-electron chi connectivity index (χ0n) is 16.2. The van der Waals surface area contributed by atoms with Crippen LogP contribution < -0.4 is 5.69 Å². The molecular formula is C23H20N4O3. The van der Waals surface area contributed by atoms with Gasteiger partial charge >= 0.3 is 11.8 Å². The molecule has 7 heteroatoms. The molecule has 0 unspecified atom stereocenters. The fourth-order valence-electron chi connectivity index (χ4n) is 4.19. The van der Waals surface area contributed by atoms with Crippen LogP contribution in [-0.2, 0) is 0 Å². The van der Waals surface area contributed by atoms with Gasteiger partial charge in [0.2, 0.25) is 0 Å². The van der Waals surface area contributed by atoms with Gasteiger partial charge in [-0.25, -0.2) is 14.6 Å². The number of rotatable bonds is 3. The lowest BCUT2D eigenvalue weighted by Gasteiger charge is -2.13. The van der Waals surface area contributed by atoms with E-state index in [2.05, 4.69) is 4.98 Å². The van der Waals surface area contributed by atoms with E-state index in [9.17, 15) is 14.7 Å². The molecule has 2 aromatic carbocycles. The van der Waals surface area contributed by atoms with Crippen molar-refractivity contribution in [1.29, 1.82) is 0 Å². The third-order valence-corrected chi connectivity index (χ3v) is 5.66. The van der Waals surface area contributed by atoms with Gasteiger partial charge in [0.15, 0.2) is 5.65 Å². The number of pyridine rings is 1. The first kappa shape index (κ1) is 18.2. The van der Waals surface area contributed by atoms with E-state index in [1.54, 1.807) is 21.4 Å². The zero-order valence-corrected chi connectivity index (χ0v) is 16.2. The van der Waals surface area contributed by atoms with Crippen molar-refractivity contribution in [3.05, 3.63) is 83.4 Å². The van der Waals surface area contributed by atoms with E-state index in [1.165, 1.54) is 4.90 Å². The molecule has 1 atom stereocenters. The molecule has 1 amide bonds. The van der Waals surface area contributed by atoms with Gasteiger partial charge in [-0.05, 0) is 41.8 Å². The first-order chi connectivity index (χ1) is 14.6. The lowest BCUT2D eigenvalue weighted by atomic mass is 10.1. The maximum Gasteiger partial charge on any atom is 0.407 e. The van der Waals surface area contributed by atoms with E-state index in [0.29, 0.717) is 24.1 Å².